The van der Waals surface area contributed by atoms with Crippen molar-refractivity contribution in [3.05, 3.63) is 58.9 Å². The van der Waals surface area contributed by atoms with Crippen molar-refractivity contribution in [2.75, 3.05) is 12.4 Å². The number of para-hydroxylation sites is 3. The first-order chi connectivity index (χ1) is 12.8. The van der Waals surface area contributed by atoms with Crippen LogP contribution in [0, 0.1) is 11.3 Å². The van der Waals surface area contributed by atoms with Gasteiger partial charge >= 0.3 is 0 Å². The molecule has 0 fully saturated rings. The third-order valence-electron chi connectivity index (χ3n) is 3.82. The number of hydrogen-bond acceptors (Lipinski definition) is 5. The number of thioether (sulfide) groups is 1. The Hall–Kier alpha value is -2.78. The van der Waals surface area contributed by atoms with Gasteiger partial charge in [0, 0.05) is 12.2 Å². The first-order valence-corrected chi connectivity index (χ1v) is 9.48. The number of hydrogen-bond donors (Lipinski definition) is 0. The standard InChI is InChI=1S/C20H19N3O2S/c1-2-25-18-12-6-5-11-17(18)23-19(24)15-9-3-4-10-16(15)22-20(23)26-14-8-7-13-21/h3-6,9-12H,2,7-8,14H2,1H3. The fraction of sp³-hybridized carbons (Fsp3) is 0.250. The summed E-state index contributed by atoms with van der Waals surface area (Å²) < 4.78 is 7.33. The predicted molar refractivity (Wildman–Crippen MR) is 104 cm³/mol. The van der Waals surface area contributed by atoms with E-state index >= 15 is 0 Å². The van der Waals surface area contributed by atoms with Crippen molar-refractivity contribution in [3.8, 4) is 17.5 Å². The van der Waals surface area contributed by atoms with E-state index in [1.807, 2.05) is 49.4 Å². The molecule has 132 valence electrons. The van der Waals surface area contributed by atoms with Crippen LogP contribution in [0.2, 0.25) is 0 Å². The molecule has 6 heteroatoms. The van der Waals surface area contributed by atoms with Crippen LogP contribution in [0.4, 0.5) is 0 Å². The van der Waals surface area contributed by atoms with Crippen molar-refractivity contribution in [2.24, 2.45) is 0 Å². The van der Waals surface area contributed by atoms with Crippen LogP contribution in [0.5, 0.6) is 5.75 Å². The molecule has 0 bridgehead atoms. The summed E-state index contributed by atoms with van der Waals surface area (Å²) in [6, 6.07) is 17.0. The van der Waals surface area contributed by atoms with E-state index in [0.29, 0.717) is 40.5 Å². The topological polar surface area (TPSA) is 67.9 Å². The third-order valence-corrected chi connectivity index (χ3v) is 4.84. The van der Waals surface area contributed by atoms with E-state index in [4.69, 9.17) is 15.0 Å². The molecular formula is C20H19N3O2S. The highest BCUT2D eigenvalue weighted by Crippen LogP contribution is 2.27. The summed E-state index contributed by atoms with van der Waals surface area (Å²) in [6.07, 6.45) is 1.23. The van der Waals surface area contributed by atoms with Gasteiger partial charge in [-0.15, -0.1) is 0 Å². The van der Waals surface area contributed by atoms with Gasteiger partial charge in [-0.2, -0.15) is 5.26 Å². The molecule has 1 aromatic heterocycles. The van der Waals surface area contributed by atoms with Gasteiger partial charge in [-0.1, -0.05) is 36.0 Å². The molecule has 2 aromatic carbocycles. The van der Waals surface area contributed by atoms with E-state index in [1.165, 1.54) is 11.8 Å². The Bertz CT molecular complexity index is 1010. The van der Waals surface area contributed by atoms with Crippen molar-refractivity contribution < 1.29 is 4.74 Å². The van der Waals surface area contributed by atoms with Gasteiger partial charge in [0.05, 0.1) is 29.3 Å². The molecule has 0 aliphatic rings. The first kappa shape index (κ1) is 18.0. The summed E-state index contributed by atoms with van der Waals surface area (Å²) >= 11 is 1.48. The molecule has 5 nitrogen and oxygen atoms in total. The van der Waals surface area contributed by atoms with Gasteiger partial charge < -0.3 is 4.74 Å². The molecule has 0 atom stereocenters. The van der Waals surface area contributed by atoms with Gasteiger partial charge in [0.25, 0.3) is 5.56 Å². The van der Waals surface area contributed by atoms with Crippen LogP contribution < -0.4 is 10.3 Å². The Labute approximate surface area is 156 Å². The molecule has 0 spiro atoms. The highest BCUT2D eigenvalue weighted by Gasteiger charge is 2.16. The van der Waals surface area contributed by atoms with Crippen molar-refractivity contribution in [1.29, 1.82) is 5.26 Å². The molecule has 0 aliphatic carbocycles. The van der Waals surface area contributed by atoms with Gasteiger partial charge in [0.1, 0.15) is 5.75 Å². The Morgan fingerprint density at radius 3 is 2.77 bits per heavy atom. The van der Waals surface area contributed by atoms with Gasteiger partial charge in [-0.05, 0) is 37.6 Å². The molecule has 0 saturated heterocycles. The maximum Gasteiger partial charge on any atom is 0.266 e. The summed E-state index contributed by atoms with van der Waals surface area (Å²) in [4.78, 5) is 17.9. The predicted octanol–water partition coefficient (Wildman–Crippen LogP) is 4.18. The lowest BCUT2D eigenvalue weighted by atomic mass is 10.2. The fourth-order valence-electron chi connectivity index (χ4n) is 2.66. The van der Waals surface area contributed by atoms with Crippen LogP contribution in [0.1, 0.15) is 19.8 Å². The van der Waals surface area contributed by atoms with Crippen LogP contribution in [0.25, 0.3) is 16.6 Å². The van der Waals surface area contributed by atoms with Crippen LogP contribution in [-0.2, 0) is 0 Å². The normalized spacial score (nSPS) is 10.6. The largest absolute Gasteiger partial charge is 0.492 e. The average molecular weight is 365 g/mol. The highest BCUT2D eigenvalue weighted by molar-refractivity contribution is 7.99. The Morgan fingerprint density at radius 1 is 1.19 bits per heavy atom. The SMILES string of the molecule is CCOc1ccccc1-n1c(SCCCC#N)nc2ccccc2c1=O. The van der Waals surface area contributed by atoms with E-state index in [9.17, 15) is 4.79 Å². The molecule has 0 saturated carbocycles. The Balaban J connectivity index is 2.17. The second-order valence-corrected chi connectivity index (χ2v) is 6.63. The van der Waals surface area contributed by atoms with Crippen molar-refractivity contribution in [2.45, 2.75) is 24.9 Å². The van der Waals surface area contributed by atoms with Gasteiger partial charge in [-0.25, -0.2) is 4.98 Å². The highest BCUT2D eigenvalue weighted by atomic mass is 32.2. The molecule has 0 unspecified atom stereocenters. The number of rotatable bonds is 7. The quantitative estimate of drug-likeness (QED) is 0.357. The van der Waals surface area contributed by atoms with E-state index in [2.05, 4.69) is 6.07 Å². The van der Waals surface area contributed by atoms with Gasteiger partial charge in [0.2, 0.25) is 0 Å². The summed E-state index contributed by atoms with van der Waals surface area (Å²) in [7, 11) is 0. The average Bonchev–Trinajstić information content (AvgIpc) is 2.67. The van der Waals surface area contributed by atoms with Crippen molar-refractivity contribution in [1.82, 2.24) is 9.55 Å². The minimum Gasteiger partial charge on any atom is -0.492 e. The van der Waals surface area contributed by atoms with Gasteiger partial charge in [0.15, 0.2) is 5.16 Å². The molecule has 1 heterocycles. The van der Waals surface area contributed by atoms with E-state index in [0.717, 1.165) is 12.2 Å². The van der Waals surface area contributed by atoms with Crippen LogP contribution in [0.15, 0.2) is 58.5 Å². The number of nitriles is 1. The van der Waals surface area contributed by atoms with Crippen LogP contribution in [-0.4, -0.2) is 21.9 Å². The molecule has 26 heavy (non-hydrogen) atoms. The lowest BCUT2D eigenvalue weighted by Gasteiger charge is -2.16. The maximum absolute atomic E-state index is 13.2. The lowest BCUT2D eigenvalue weighted by molar-refractivity contribution is 0.338. The minimum absolute atomic E-state index is 0.120. The Morgan fingerprint density at radius 2 is 1.96 bits per heavy atom. The zero-order valence-electron chi connectivity index (χ0n) is 14.5. The maximum atomic E-state index is 13.2. The molecule has 0 radical (unpaired) electrons. The number of fused-ring (bicyclic) bond motifs is 1. The molecule has 0 N–H and O–H groups in total. The molecule has 0 amide bonds. The molecule has 0 aliphatic heterocycles. The van der Waals surface area contributed by atoms with E-state index in [-0.39, 0.29) is 5.56 Å². The minimum atomic E-state index is -0.120. The fourth-order valence-corrected chi connectivity index (χ4v) is 3.60. The summed E-state index contributed by atoms with van der Waals surface area (Å²) in [6.45, 7) is 2.42. The second-order valence-electron chi connectivity index (χ2n) is 5.56. The number of ether oxygens (including phenoxy) is 1. The molecule has 3 rings (SSSR count). The van der Waals surface area contributed by atoms with Gasteiger partial charge in [-0.3, -0.25) is 9.36 Å². The van der Waals surface area contributed by atoms with Crippen molar-refractivity contribution in [3.63, 3.8) is 0 Å². The van der Waals surface area contributed by atoms with Crippen LogP contribution in [0.3, 0.4) is 0 Å². The smallest absolute Gasteiger partial charge is 0.266 e. The first-order valence-electron chi connectivity index (χ1n) is 8.50. The van der Waals surface area contributed by atoms with Crippen molar-refractivity contribution >= 4 is 22.7 Å². The zero-order chi connectivity index (χ0) is 18.4. The summed E-state index contributed by atoms with van der Waals surface area (Å²) in [5.74, 6) is 1.36. The van der Waals surface area contributed by atoms with Crippen LogP contribution >= 0.6 is 11.8 Å². The van der Waals surface area contributed by atoms with E-state index in [1.54, 1.807) is 10.6 Å². The second kappa shape index (κ2) is 8.54. The zero-order valence-corrected chi connectivity index (χ0v) is 15.3. The number of aromatic nitrogens is 2. The molecule has 3 aromatic rings. The summed E-state index contributed by atoms with van der Waals surface area (Å²) in [5, 5.41) is 9.91. The Kier molecular flexibility index (Phi) is 5.92. The number of nitrogens with zero attached hydrogens (tertiary/aromatic N) is 3. The third kappa shape index (κ3) is 3.73. The lowest BCUT2D eigenvalue weighted by Crippen LogP contribution is -2.22. The number of benzene rings is 2. The number of unbranched alkanes of at least 4 members (excludes halogenated alkanes) is 1. The van der Waals surface area contributed by atoms with E-state index < -0.39 is 0 Å². The monoisotopic (exact) mass is 365 g/mol. The summed E-state index contributed by atoms with van der Waals surface area (Å²) in [5.41, 5.74) is 1.23. The molecular weight excluding hydrogens is 346 g/mol.